The average Bonchev–Trinajstić information content (AvgIpc) is 2.62. The Labute approximate surface area is 159 Å². The van der Waals surface area contributed by atoms with E-state index in [9.17, 15) is 14.4 Å². The summed E-state index contributed by atoms with van der Waals surface area (Å²) in [6, 6.07) is 0. The fourth-order valence-electron chi connectivity index (χ4n) is 3.10. The van der Waals surface area contributed by atoms with Crippen LogP contribution in [0.5, 0.6) is 0 Å². The van der Waals surface area contributed by atoms with E-state index in [1.807, 2.05) is 6.92 Å². The molecule has 0 unspecified atom stereocenters. The second-order valence-corrected chi connectivity index (χ2v) is 6.95. The van der Waals surface area contributed by atoms with Gasteiger partial charge in [0.15, 0.2) is 0 Å². The standard InChI is InChI=1S/C20H30N2O5/c1-5-7-11-21-13-16(19(24)22(20(21)25)12-8-6-2)18-10-9-17(14(3)26-18)27-15(4)23/h9-10,13-14,17-18H,5-8,11-12H2,1-4H3/t14-,17+,18-/m0/s1. The molecule has 7 nitrogen and oxygen atoms in total. The van der Waals surface area contributed by atoms with Gasteiger partial charge in [-0.25, -0.2) is 4.79 Å². The van der Waals surface area contributed by atoms with Gasteiger partial charge in [0.25, 0.3) is 5.56 Å². The molecule has 2 heterocycles. The lowest BCUT2D eigenvalue weighted by Gasteiger charge is -2.29. The number of carbonyl (C=O) groups is 1. The van der Waals surface area contributed by atoms with Gasteiger partial charge in [0.2, 0.25) is 0 Å². The summed E-state index contributed by atoms with van der Waals surface area (Å²) >= 11 is 0. The van der Waals surface area contributed by atoms with Gasteiger partial charge in [-0.3, -0.25) is 14.2 Å². The van der Waals surface area contributed by atoms with Gasteiger partial charge in [-0.15, -0.1) is 0 Å². The van der Waals surface area contributed by atoms with Crippen LogP contribution in [-0.4, -0.2) is 27.3 Å². The highest BCUT2D eigenvalue weighted by Crippen LogP contribution is 2.25. The van der Waals surface area contributed by atoms with E-state index in [-0.39, 0.29) is 23.3 Å². The van der Waals surface area contributed by atoms with Crippen LogP contribution in [0.2, 0.25) is 0 Å². The van der Waals surface area contributed by atoms with E-state index in [2.05, 4.69) is 6.92 Å². The molecule has 1 aromatic heterocycles. The number of nitrogens with zero attached hydrogens (tertiary/aromatic N) is 2. The molecule has 2 rings (SSSR count). The molecule has 1 aromatic rings. The maximum absolute atomic E-state index is 12.9. The molecule has 0 bridgehead atoms. The lowest BCUT2D eigenvalue weighted by atomic mass is 10.1. The predicted octanol–water partition coefficient (Wildman–Crippen LogP) is 2.56. The lowest BCUT2D eigenvalue weighted by molar-refractivity contribution is -0.153. The van der Waals surface area contributed by atoms with E-state index >= 15 is 0 Å². The highest BCUT2D eigenvalue weighted by Gasteiger charge is 2.29. The third-order valence-electron chi connectivity index (χ3n) is 4.66. The van der Waals surface area contributed by atoms with Gasteiger partial charge in [0, 0.05) is 26.2 Å². The van der Waals surface area contributed by atoms with Crippen LogP contribution in [0.1, 0.15) is 65.0 Å². The van der Waals surface area contributed by atoms with Crippen molar-refractivity contribution in [2.45, 2.75) is 84.8 Å². The fraction of sp³-hybridized carbons (Fsp3) is 0.650. The average molecular weight is 378 g/mol. The first-order chi connectivity index (χ1) is 12.9. The van der Waals surface area contributed by atoms with Crippen molar-refractivity contribution in [1.82, 2.24) is 9.13 Å². The van der Waals surface area contributed by atoms with Crippen LogP contribution in [-0.2, 0) is 27.4 Å². The first kappa shape index (κ1) is 21.2. The summed E-state index contributed by atoms with van der Waals surface area (Å²) in [7, 11) is 0. The van der Waals surface area contributed by atoms with Crippen molar-refractivity contribution in [1.29, 1.82) is 0 Å². The zero-order chi connectivity index (χ0) is 20.0. The molecule has 27 heavy (non-hydrogen) atoms. The Morgan fingerprint density at radius 1 is 1.15 bits per heavy atom. The highest BCUT2D eigenvalue weighted by molar-refractivity contribution is 5.66. The number of hydrogen-bond donors (Lipinski definition) is 0. The van der Waals surface area contributed by atoms with Gasteiger partial charge < -0.3 is 14.0 Å². The second-order valence-electron chi connectivity index (χ2n) is 6.95. The third-order valence-corrected chi connectivity index (χ3v) is 4.66. The molecular weight excluding hydrogens is 348 g/mol. The van der Waals surface area contributed by atoms with E-state index in [4.69, 9.17) is 9.47 Å². The molecule has 0 aliphatic carbocycles. The zero-order valence-electron chi connectivity index (χ0n) is 16.6. The van der Waals surface area contributed by atoms with E-state index < -0.39 is 12.2 Å². The van der Waals surface area contributed by atoms with Crippen LogP contribution < -0.4 is 11.2 Å². The highest BCUT2D eigenvalue weighted by atomic mass is 16.6. The summed E-state index contributed by atoms with van der Waals surface area (Å²) in [5.41, 5.74) is -0.142. The maximum Gasteiger partial charge on any atom is 0.330 e. The van der Waals surface area contributed by atoms with Crippen molar-refractivity contribution in [2.24, 2.45) is 0 Å². The molecule has 0 spiro atoms. The number of carbonyl (C=O) groups excluding carboxylic acids is 1. The van der Waals surface area contributed by atoms with E-state index in [1.54, 1.807) is 29.8 Å². The summed E-state index contributed by atoms with van der Waals surface area (Å²) < 4.78 is 14.1. The van der Waals surface area contributed by atoms with Gasteiger partial charge in [0.1, 0.15) is 12.2 Å². The van der Waals surface area contributed by atoms with Gasteiger partial charge in [-0.2, -0.15) is 0 Å². The number of rotatable bonds is 8. The Kier molecular flexibility index (Phi) is 7.59. The molecule has 0 amide bonds. The minimum atomic E-state index is -0.569. The Morgan fingerprint density at radius 3 is 2.41 bits per heavy atom. The Balaban J connectivity index is 2.42. The topological polar surface area (TPSA) is 79.5 Å². The molecule has 0 aromatic carbocycles. The summed E-state index contributed by atoms with van der Waals surface area (Å²) in [4.78, 5) is 36.8. The number of unbranched alkanes of at least 4 members (excludes halogenated alkanes) is 2. The molecule has 0 saturated carbocycles. The predicted molar refractivity (Wildman–Crippen MR) is 103 cm³/mol. The van der Waals surface area contributed by atoms with Crippen molar-refractivity contribution in [3.05, 3.63) is 44.8 Å². The molecule has 1 aliphatic rings. The molecule has 150 valence electrons. The summed E-state index contributed by atoms with van der Waals surface area (Å²) in [5, 5.41) is 0. The quantitative estimate of drug-likeness (QED) is 0.513. The first-order valence-corrected chi connectivity index (χ1v) is 9.74. The molecule has 0 N–H and O–H groups in total. The monoisotopic (exact) mass is 378 g/mol. The number of aromatic nitrogens is 2. The van der Waals surface area contributed by atoms with Crippen LogP contribution in [0.25, 0.3) is 0 Å². The Hall–Kier alpha value is -2.15. The largest absolute Gasteiger partial charge is 0.456 e. The summed E-state index contributed by atoms with van der Waals surface area (Å²) in [6.07, 6.45) is 7.13. The fourth-order valence-corrected chi connectivity index (χ4v) is 3.10. The van der Waals surface area contributed by atoms with E-state index in [0.29, 0.717) is 18.7 Å². The molecular formula is C20H30N2O5. The first-order valence-electron chi connectivity index (χ1n) is 9.74. The van der Waals surface area contributed by atoms with Crippen LogP contribution >= 0.6 is 0 Å². The Bertz CT molecular complexity index is 793. The molecule has 7 heteroatoms. The summed E-state index contributed by atoms with van der Waals surface area (Å²) in [6.45, 7) is 8.19. The van der Waals surface area contributed by atoms with Crippen molar-refractivity contribution in [3.8, 4) is 0 Å². The Morgan fingerprint density at radius 2 is 1.81 bits per heavy atom. The molecule has 0 fully saturated rings. The van der Waals surface area contributed by atoms with E-state index in [0.717, 1.165) is 25.7 Å². The normalized spacial score (nSPS) is 22.0. The minimum Gasteiger partial charge on any atom is -0.456 e. The smallest absolute Gasteiger partial charge is 0.330 e. The zero-order valence-corrected chi connectivity index (χ0v) is 16.6. The van der Waals surface area contributed by atoms with Gasteiger partial charge in [0.05, 0.1) is 11.7 Å². The number of aryl methyl sites for hydroxylation is 1. The van der Waals surface area contributed by atoms with Crippen molar-refractivity contribution < 1.29 is 14.3 Å². The summed E-state index contributed by atoms with van der Waals surface area (Å²) in [5.74, 6) is -0.381. The van der Waals surface area contributed by atoms with Crippen molar-refractivity contribution >= 4 is 5.97 Å². The van der Waals surface area contributed by atoms with Crippen LogP contribution in [0, 0.1) is 0 Å². The van der Waals surface area contributed by atoms with Crippen molar-refractivity contribution in [2.75, 3.05) is 0 Å². The van der Waals surface area contributed by atoms with E-state index in [1.165, 1.54) is 11.5 Å². The third kappa shape index (κ3) is 5.19. The number of esters is 1. The van der Waals surface area contributed by atoms with Crippen molar-refractivity contribution in [3.63, 3.8) is 0 Å². The van der Waals surface area contributed by atoms with Gasteiger partial charge in [-0.1, -0.05) is 32.8 Å². The number of hydrogen-bond acceptors (Lipinski definition) is 5. The SMILES string of the molecule is CCCCn1cc([C@@H]2C=C[C@@H](OC(C)=O)[C@H](C)O2)c(=O)n(CCCC)c1=O. The molecule has 3 atom stereocenters. The number of ether oxygens (including phenoxy) is 2. The maximum atomic E-state index is 12.9. The van der Waals surface area contributed by atoms with Gasteiger partial charge >= 0.3 is 11.7 Å². The molecule has 0 radical (unpaired) electrons. The van der Waals surface area contributed by atoms with Crippen LogP contribution in [0.3, 0.4) is 0 Å². The molecule has 0 saturated heterocycles. The minimum absolute atomic E-state index is 0.267. The van der Waals surface area contributed by atoms with Gasteiger partial charge in [-0.05, 0) is 25.8 Å². The van der Waals surface area contributed by atoms with Crippen LogP contribution in [0.15, 0.2) is 27.9 Å². The van der Waals surface area contributed by atoms with Crippen LogP contribution in [0.4, 0.5) is 0 Å². The lowest BCUT2D eigenvalue weighted by Crippen LogP contribution is -2.43. The molecule has 1 aliphatic heterocycles. The second kappa shape index (κ2) is 9.69.